The van der Waals surface area contributed by atoms with Crippen molar-refractivity contribution in [1.29, 1.82) is 0 Å². The molecule has 0 spiro atoms. The SMILES string of the molecule is Cc1ccc(-c2ncc(-c3ccc(F)cc3)s2)cc1C. The van der Waals surface area contributed by atoms with Crippen molar-refractivity contribution < 1.29 is 4.39 Å². The molecular formula is C17H14FNS. The van der Waals surface area contributed by atoms with E-state index in [0.29, 0.717) is 0 Å². The van der Waals surface area contributed by atoms with Gasteiger partial charge in [0.05, 0.1) is 4.88 Å². The molecule has 0 fully saturated rings. The van der Waals surface area contributed by atoms with Crippen LogP contribution in [0.2, 0.25) is 0 Å². The molecule has 3 rings (SSSR count). The van der Waals surface area contributed by atoms with Gasteiger partial charge in [-0.25, -0.2) is 9.37 Å². The second-order valence-corrected chi connectivity index (χ2v) is 5.87. The van der Waals surface area contributed by atoms with Crippen LogP contribution in [0.3, 0.4) is 0 Å². The molecule has 0 saturated carbocycles. The lowest BCUT2D eigenvalue weighted by Crippen LogP contribution is -1.82. The molecule has 100 valence electrons. The molecule has 0 amide bonds. The molecule has 3 heteroatoms. The summed E-state index contributed by atoms with van der Waals surface area (Å²) in [6.07, 6.45) is 1.85. The minimum atomic E-state index is -0.215. The van der Waals surface area contributed by atoms with Crippen LogP contribution < -0.4 is 0 Å². The van der Waals surface area contributed by atoms with Crippen molar-refractivity contribution in [2.45, 2.75) is 13.8 Å². The Hall–Kier alpha value is -2.00. The number of hydrogen-bond acceptors (Lipinski definition) is 2. The van der Waals surface area contributed by atoms with E-state index < -0.39 is 0 Å². The molecule has 20 heavy (non-hydrogen) atoms. The molecule has 1 nitrogen and oxygen atoms in total. The fraction of sp³-hybridized carbons (Fsp3) is 0.118. The number of hydrogen-bond donors (Lipinski definition) is 0. The minimum absolute atomic E-state index is 0.215. The van der Waals surface area contributed by atoms with E-state index in [1.54, 1.807) is 23.5 Å². The lowest BCUT2D eigenvalue weighted by molar-refractivity contribution is 0.628. The molecule has 1 aromatic heterocycles. The minimum Gasteiger partial charge on any atom is -0.244 e. The van der Waals surface area contributed by atoms with Crippen LogP contribution in [-0.4, -0.2) is 4.98 Å². The highest BCUT2D eigenvalue weighted by Gasteiger charge is 2.07. The highest BCUT2D eigenvalue weighted by molar-refractivity contribution is 7.18. The maximum Gasteiger partial charge on any atom is 0.123 e. The summed E-state index contributed by atoms with van der Waals surface area (Å²) in [6.45, 7) is 4.21. The number of thiazole rings is 1. The van der Waals surface area contributed by atoms with Crippen LogP contribution in [0.25, 0.3) is 21.0 Å². The van der Waals surface area contributed by atoms with E-state index in [-0.39, 0.29) is 5.82 Å². The fourth-order valence-corrected chi connectivity index (χ4v) is 2.95. The zero-order valence-electron chi connectivity index (χ0n) is 11.4. The molecule has 0 saturated heterocycles. The standard InChI is InChI=1S/C17H14FNS/c1-11-3-4-14(9-12(11)2)17-19-10-16(20-17)13-5-7-15(18)8-6-13/h3-10H,1-2H3. The van der Waals surface area contributed by atoms with Crippen molar-refractivity contribution in [2.24, 2.45) is 0 Å². The van der Waals surface area contributed by atoms with Gasteiger partial charge in [-0.1, -0.05) is 24.3 Å². The summed E-state index contributed by atoms with van der Waals surface area (Å²) >= 11 is 1.63. The van der Waals surface area contributed by atoms with Crippen LogP contribution in [0.15, 0.2) is 48.7 Å². The van der Waals surface area contributed by atoms with Crippen molar-refractivity contribution in [2.75, 3.05) is 0 Å². The summed E-state index contributed by atoms with van der Waals surface area (Å²) in [5.41, 5.74) is 4.68. The van der Waals surface area contributed by atoms with Crippen LogP contribution in [0.1, 0.15) is 11.1 Å². The molecule has 0 aliphatic carbocycles. The first-order valence-corrected chi connectivity index (χ1v) is 7.24. The molecular weight excluding hydrogens is 269 g/mol. The zero-order valence-corrected chi connectivity index (χ0v) is 12.2. The Morgan fingerprint density at radius 1 is 0.900 bits per heavy atom. The summed E-state index contributed by atoms with van der Waals surface area (Å²) in [7, 11) is 0. The predicted molar refractivity (Wildman–Crippen MR) is 82.4 cm³/mol. The quantitative estimate of drug-likeness (QED) is 0.627. The molecule has 1 heterocycles. The lowest BCUT2D eigenvalue weighted by Gasteiger charge is -2.02. The fourth-order valence-electron chi connectivity index (χ4n) is 2.03. The molecule has 0 unspecified atom stereocenters. The molecule has 2 aromatic carbocycles. The average molecular weight is 283 g/mol. The van der Waals surface area contributed by atoms with Gasteiger partial charge in [-0.3, -0.25) is 0 Å². The maximum atomic E-state index is 12.9. The van der Waals surface area contributed by atoms with E-state index in [4.69, 9.17) is 0 Å². The lowest BCUT2D eigenvalue weighted by atomic mass is 10.1. The van der Waals surface area contributed by atoms with Crippen molar-refractivity contribution in [3.05, 3.63) is 65.6 Å². The third-order valence-corrected chi connectivity index (χ3v) is 4.48. The second-order valence-electron chi connectivity index (χ2n) is 4.84. The summed E-state index contributed by atoms with van der Waals surface area (Å²) in [5, 5.41) is 0.993. The van der Waals surface area contributed by atoms with Crippen molar-refractivity contribution in [1.82, 2.24) is 4.98 Å². The van der Waals surface area contributed by atoms with Crippen molar-refractivity contribution in [3.8, 4) is 21.0 Å². The Balaban J connectivity index is 1.97. The molecule has 0 bridgehead atoms. The highest BCUT2D eigenvalue weighted by Crippen LogP contribution is 2.32. The Morgan fingerprint density at radius 2 is 1.60 bits per heavy atom. The van der Waals surface area contributed by atoms with Crippen LogP contribution in [-0.2, 0) is 0 Å². The second kappa shape index (κ2) is 5.17. The molecule has 0 radical (unpaired) electrons. The number of aryl methyl sites for hydroxylation is 2. The van der Waals surface area contributed by atoms with Crippen LogP contribution in [0.4, 0.5) is 4.39 Å². The third-order valence-electron chi connectivity index (χ3n) is 3.39. The molecule has 3 aromatic rings. The Morgan fingerprint density at radius 3 is 2.30 bits per heavy atom. The van der Waals surface area contributed by atoms with Crippen molar-refractivity contribution >= 4 is 11.3 Å². The maximum absolute atomic E-state index is 12.9. The Kier molecular flexibility index (Phi) is 3.36. The predicted octanol–water partition coefficient (Wildman–Crippen LogP) is 5.23. The van der Waals surface area contributed by atoms with Gasteiger partial charge in [-0.2, -0.15) is 0 Å². The van der Waals surface area contributed by atoms with E-state index in [2.05, 4.69) is 37.0 Å². The van der Waals surface area contributed by atoms with E-state index in [9.17, 15) is 4.39 Å². The van der Waals surface area contributed by atoms with E-state index in [0.717, 1.165) is 21.0 Å². The topological polar surface area (TPSA) is 12.9 Å². The largest absolute Gasteiger partial charge is 0.244 e. The van der Waals surface area contributed by atoms with Gasteiger partial charge < -0.3 is 0 Å². The Bertz CT molecular complexity index is 744. The van der Waals surface area contributed by atoms with Crippen LogP contribution >= 0.6 is 11.3 Å². The van der Waals surface area contributed by atoms with Gasteiger partial charge in [-0.15, -0.1) is 11.3 Å². The number of benzene rings is 2. The average Bonchev–Trinajstić information content (AvgIpc) is 2.92. The van der Waals surface area contributed by atoms with Gasteiger partial charge in [0.2, 0.25) is 0 Å². The van der Waals surface area contributed by atoms with Crippen LogP contribution in [0.5, 0.6) is 0 Å². The molecule has 0 aliphatic rings. The van der Waals surface area contributed by atoms with Gasteiger partial charge >= 0.3 is 0 Å². The monoisotopic (exact) mass is 283 g/mol. The Labute approximate surface area is 121 Å². The van der Waals surface area contributed by atoms with Crippen LogP contribution in [0, 0.1) is 19.7 Å². The summed E-state index contributed by atoms with van der Waals surface area (Å²) in [6, 6.07) is 12.9. The van der Waals surface area contributed by atoms with Gasteiger partial charge in [0.15, 0.2) is 0 Å². The highest BCUT2D eigenvalue weighted by atomic mass is 32.1. The van der Waals surface area contributed by atoms with Crippen molar-refractivity contribution in [3.63, 3.8) is 0 Å². The molecule has 0 N–H and O–H groups in total. The van der Waals surface area contributed by atoms with Gasteiger partial charge in [0, 0.05) is 11.8 Å². The van der Waals surface area contributed by atoms with Gasteiger partial charge in [0.25, 0.3) is 0 Å². The first-order chi connectivity index (χ1) is 9.63. The van der Waals surface area contributed by atoms with Gasteiger partial charge in [0.1, 0.15) is 10.8 Å². The molecule has 0 atom stereocenters. The first-order valence-electron chi connectivity index (χ1n) is 6.43. The van der Waals surface area contributed by atoms with E-state index in [1.807, 2.05) is 6.20 Å². The summed E-state index contributed by atoms with van der Waals surface area (Å²) < 4.78 is 12.9. The van der Waals surface area contributed by atoms with Gasteiger partial charge in [-0.05, 0) is 48.7 Å². The number of aromatic nitrogens is 1. The number of halogens is 1. The molecule has 0 aliphatic heterocycles. The normalized spacial score (nSPS) is 10.8. The summed E-state index contributed by atoms with van der Waals surface area (Å²) in [5.74, 6) is -0.215. The van der Waals surface area contributed by atoms with E-state index >= 15 is 0 Å². The summed E-state index contributed by atoms with van der Waals surface area (Å²) in [4.78, 5) is 5.53. The first kappa shape index (κ1) is 13.0. The smallest absolute Gasteiger partial charge is 0.123 e. The van der Waals surface area contributed by atoms with E-state index in [1.165, 1.54) is 23.3 Å². The zero-order chi connectivity index (χ0) is 14.1. The number of nitrogens with zero attached hydrogens (tertiary/aromatic N) is 1. The third kappa shape index (κ3) is 2.49. The number of rotatable bonds is 2.